The average molecular weight is 486 g/mol. The molecule has 2 heterocycles. The highest BCUT2D eigenvalue weighted by Crippen LogP contribution is 2.39. The van der Waals surface area contributed by atoms with Crippen molar-refractivity contribution in [3.8, 4) is 0 Å². The average Bonchev–Trinajstić information content (AvgIpc) is 3.03. The van der Waals surface area contributed by atoms with E-state index in [0.717, 1.165) is 30.4 Å². The van der Waals surface area contributed by atoms with Gasteiger partial charge in [0, 0.05) is 38.7 Å². The Morgan fingerprint density at radius 2 is 1.80 bits per heavy atom. The molecule has 0 radical (unpaired) electrons. The number of piperazine rings is 1. The van der Waals surface area contributed by atoms with Gasteiger partial charge >= 0.3 is 0 Å². The molecule has 1 saturated heterocycles. The van der Waals surface area contributed by atoms with Crippen LogP contribution in [-0.2, 0) is 14.3 Å². The largest absolute Gasteiger partial charge is 0.380 e. The molecular weight excluding hydrogens is 452 g/mol. The molecule has 0 aromatic heterocycles. The fourth-order valence-electron chi connectivity index (χ4n) is 4.90. The summed E-state index contributed by atoms with van der Waals surface area (Å²) in [6.07, 6.45) is 2.44. The first-order valence-electron chi connectivity index (χ1n) is 12.4. The molecule has 1 atom stereocenters. The van der Waals surface area contributed by atoms with Gasteiger partial charge in [0.2, 0.25) is 11.8 Å². The smallest absolute Gasteiger partial charge is 0.241 e. The Hall–Kier alpha value is -2.84. The van der Waals surface area contributed by atoms with Gasteiger partial charge in [0.25, 0.3) is 0 Å². The van der Waals surface area contributed by atoms with Crippen molar-refractivity contribution in [1.29, 1.82) is 0 Å². The van der Waals surface area contributed by atoms with Gasteiger partial charge in [-0.2, -0.15) is 0 Å². The van der Waals surface area contributed by atoms with E-state index in [-0.39, 0.29) is 36.6 Å². The summed E-state index contributed by atoms with van der Waals surface area (Å²) >= 11 is 0. The molecule has 4 rings (SSSR count). The molecule has 0 N–H and O–H groups in total. The fraction of sp³-hybridized carbons (Fsp3) is 0.481. The van der Waals surface area contributed by atoms with Crippen LogP contribution >= 0.6 is 0 Å². The number of carbonyl (C=O) groups is 2. The highest BCUT2D eigenvalue weighted by Gasteiger charge is 2.31. The molecule has 2 aliphatic rings. The van der Waals surface area contributed by atoms with E-state index < -0.39 is 5.82 Å². The highest BCUT2D eigenvalue weighted by molar-refractivity contribution is 5.96. The molecule has 0 saturated carbocycles. The van der Waals surface area contributed by atoms with Crippen LogP contribution in [-0.4, -0.2) is 74.1 Å². The lowest BCUT2D eigenvalue weighted by atomic mass is 9.87. The summed E-state index contributed by atoms with van der Waals surface area (Å²) in [7, 11) is 0. The number of halogens is 2. The van der Waals surface area contributed by atoms with Gasteiger partial charge in [0.05, 0.1) is 25.4 Å². The molecule has 0 aliphatic carbocycles. The zero-order valence-electron chi connectivity index (χ0n) is 20.2. The summed E-state index contributed by atoms with van der Waals surface area (Å²) in [5, 5.41) is 0. The molecule has 0 spiro atoms. The van der Waals surface area contributed by atoms with E-state index in [9.17, 15) is 18.4 Å². The quantitative estimate of drug-likeness (QED) is 0.534. The number of fused-ring (bicyclic) bond motifs is 1. The van der Waals surface area contributed by atoms with Crippen molar-refractivity contribution in [3.63, 3.8) is 0 Å². The Bertz CT molecular complexity index is 1030. The second kappa shape index (κ2) is 11.7. The van der Waals surface area contributed by atoms with Crippen LogP contribution < -0.4 is 4.90 Å². The van der Waals surface area contributed by atoms with Crippen molar-refractivity contribution in [3.05, 3.63) is 65.2 Å². The number of carbonyl (C=O) groups excluding carboxylic acids is 2. The molecule has 1 fully saturated rings. The van der Waals surface area contributed by atoms with Crippen LogP contribution in [0.25, 0.3) is 0 Å². The van der Waals surface area contributed by atoms with Crippen molar-refractivity contribution in [2.24, 2.45) is 0 Å². The first-order chi connectivity index (χ1) is 17.0. The van der Waals surface area contributed by atoms with E-state index in [0.29, 0.717) is 45.1 Å². The van der Waals surface area contributed by atoms with E-state index in [1.807, 2.05) is 11.8 Å². The Morgan fingerprint density at radius 1 is 1.03 bits per heavy atom. The predicted octanol–water partition coefficient (Wildman–Crippen LogP) is 3.79. The standard InChI is InChI=1S/C27H33F2N3O3/c1-2-15-35-16-14-31-13-12-30(18-26(31)33)19-27(34)32-11-3-4-23(20-5-7-21(28)8-6-20)24-10-9-22(29)17-25(24)32/h5-10,17,23H,2-4,11-16,18-19H2,1H3. The number of anilines is 1. The summed E-state index contributed by atoms with van der Waals surface area (Å²) in [6.45, 7) is 5.71. The predicted molar refractivity (Wildman–Crippen MR) is 130 cm³/mol. The second-order valence-electron chi connectivity index (χ2n) is 9.20. The molecule has 1 unspecified atom stereocenters. The van der Waals surface area contributed by atoms with E-state index in [4.69, 9.17) is 4.74 Å². The summed E-state index contributed by atoms with van der Waals surface area (Å²) in [5.74, 6) is -0.923. The first-order valence-corrected chi connectivity index (χ1v) is 12.4. The van der Waals surface area contributed by atoms with Crippen molar-refractivity contribution in [1.82, 2.24) is 9.80 Å². The maximum absolute atomic E-state index is 14.3. The van der Waals surface area contributed by atoms with Crippen LogP contribution in [0.3, 0.4) is 0 Å². The fourth-order valence-corrected chi connectivity index (χ4v) is 4.90. The molecule has 6 nitrogen and oxygen atoms in total. The lowest BCUT2D eigenvalue weighted by Crippen LogP contribution is -2.53. The maximum Gasteiger partial charge on any atom is 0.241 e. The summed E-state index contributed by atoms with van der Waals surface area (Å²) in [6, 6.07) is 10.9. The number of benzene rings is 2. The van der Waals surface area contributed by atoms with Crippen LogP contribution in [0.5, 0.6) is 0 Å². The van der Waals surface area contributed by atoms with Crippen molar-refractivity contribution >= 4 is 17.5 Å². The lowest BCUT2D eigenvalue weighted by molar-refractivity contribution is -0.137. The van der Waals surface area contributed by atoms with Gasteiger partial charge in [-0.3, -0.25) is 14.5 Å². The number of hydrogen-bond acceptors (Lipinski definition) is 4. The Morgan fingerprint density at radius 3 is 2.54 bits per heavy atom. The Labute approximate surface area is 205 Å². The molecule has 188 valence electrons. The first kappa shape index (κ1) is 25.3. The SMILES string of the molecule is CCCOCCN1CCN(CC(=O)N2CCCC(c3ccc(F)cc3)c3ccc(F)cc32)CC1=O. The number of hydrogen-bond donors (Lipinski definition) is 0. The third-order valence-electron chi connectivity index (χ3n) is 6.72. The van der Waals surface area contributed by atoms with Gasteiger partial charge < -0.3 is 14.5 Å². The molecule has 2 aromatic rings. The third kappa shape index (κ3) is 6.24. The van der Waals surface area contributed by atoms with Crippen LogP contribution in [0.15, 0.2) is 42.5 Å². The van der Waals surface area contributed by atoms with Gasteiger partial charge in [-0.25, -0.2) is 8.78 Å². The van der Waals surface area contributed by atoms with Gasteiger partial charge in [-0.05, 0) is 54.7 Å². The summed E-state index contributed by atoms with van der Waals surface area (Å²) in [4.78, 5) is 31.2. The van der Waals surface area contributed by atoms with E-state index in [1.54, 1.807) is 28.0 Å². The third-order valence-corrected chi connectivity index (χ3v) is 6.72. The monoisotopic (exact) mass is 485 g/mol. The van der Waals surface area contributed by atoms with Gasteiger partial charge in [0.15, 0.2) is 0 Å². The molecule has 8 heteroatoms. The van der Waals surface area contributed by atoms with Crippen LogP contribution in [0, 0.1) is 11.6 Å². The van der Waals surface area contributed by atoms with E-state index in [2.05, 4.69) is 0 Å². The maximum atomic E-state index is 14.3. The molecular formula is C27H33F2N3O3. The van der Waals surface area contributed by atoms with Crippen LogP contribution in [0.2, 0.25) is 0 Å². The van der Waals surface area contributed by atoms with Gasteiger partial charge in [0.1, 0.15) is 11.6 Å². The minimum atomic E-state index is -0.407. The number of nitrogens with zero attached hydrogens (tertiary/aromatic N) is 3. The molecule has 2 aliphatic heterocycles. The minimum Gasteiger partial charge on any atom is -0.380 e. The van der Waals surface area contributed by atoms with Crippen molar-refractivity contribution in [2.75, 3.05) is 57.4 Å². The lowest BCUT2D eigenvalue weighted by Gasteiger charge is -2.35. The second-order valence-corrected chi connectivity index (χ2v) is 9.20. The molecule has 35 heavy (non-hydrogen) atoms. The van der Waals surface area contributed by atoms with Crippen LogP contribution in [0.1, 0.15) is 43.2 Å². The summed E-state index contributed by atoms with van der Waals surface area (Å²) < 4.78 is 33.3. The van der Waals surface area contributed by atoms with Gasteiger partial charge in [-0.1, -0.05) is 25.1 Å². The number of ether oxygens (including phenoxy) is 1. The number of rotatable bonds is 8. The molecule has 2 aromatic carbocycles. The minimum absolute atomic E-state index is 0.0113. The zero-order chi connectivity index (χ0) is 24.8. The van der Waals surface area contributed by atoms with E-state index in [1.165, 1.54) is 24.3 Å². The zero-order valence-corrected chi connectivity index (χ0v) is 20.2. The van der Waals surface area contributed by atoms with Crippen LogP contribution in [0.4, 0.5) is 14.5 Å². The summed E-state index contributed by atoms with van der Waals surface area (Å²) in [5.41, 5.74) is 2.36. The number of amides is 2. The molecule has 0 bridgehead atoms. The Kier molecular flexibility index (Phi) is 8.46. The highest BCUT2D eigenvalue weighted by atomic mass is 19.1. The Balaban J connectivity index is 1.45. The van der Waals surface area contributed by atoms with Gasteiger partial charge in [-0.15, -0.1) is 0 Å². The van der Waals surface area contributed by atoms with Crippen molar-refractivity contribution < 1.29 is 23.1 Å². The molecule has 2 amide bonds. The van der Waals surface area contributed by atoms with E-state index >= 15 is 0 Å². The topological polar surface area (TPSA) is 53.1 Å². The van der Waals surface area contributed by atoms with Crippen molar-refractivity contribution in [2.45, 2.75) is 32.1 Å². The normalized spacial score (nSPS) is 18.9.